The van der Waals surface area contributed by atoms with E-state index in [0.717, 1.165) is 17.1 Å². The van der Waals surface area contributed by atoms with Crippen molar-refractivity contribution in [2.45, 2.75) is 58.4 Å². The summed E-state index contributed by atoms with van der Waals surface area (Å²) in [7, 11) is -3.76. The summed E-state index contributed by atoms with van der Waals surface area (Å²) >= 11 is 0. The van der Waals surface area contributed by atoms with Gasteiger partial charge < -0.3 is 4.90 Å². The third-order valence-corrected chi connectivity index (χ3v) is 22.9. The topological polar surface area (TPSA) is 3.24 Å². The highest BCUT2D eigenvalue weighted by molar-refractivity contribution is 8.34. The summed E-state index contributed by atoms with van der Waals surface area (Å²) in [6.07, 6.45) is 0. The van der Waals surface area contributed by atoms with Crippen LogP contribution < -0.4 is 4.90 Å². The van der Waals surface area contributed by atoms with Crippen LogP contribution in [0.1, 0.15) is 25.0 Å². The molecule has 0 saturated heterocycles. The molecule has 346 valence electrons. The highest BCUT2D eigenvalue weighted by atomic mass is 32.3. The Morgan fingerprint density at radius 3 is 1.28 bits per heavy atom. The van der Waals surface area contributed by atoms with Crippen molar-refractivity contribution >= 4 is 37.1 Å². The van der Waals surface area contributed by atoms with E-state index in [1.54, 1.807) is 0 Å². The minimum atomic E-state index is -1.88. The van der Waals surface area contributed by atoms with Gasteiger partial charge in [0.1, 0.15) is 0 Å². The quantitative estimate of drug-likeness (QED) is 0.132. The van der Waals surface area contributed by atoms with Crippen molar-refractivity contribution in [2.75, 3.05) is 4.90 Å². The lowest BCUT2D eigenvalue weighted by Gasteiger charge is -2.42. The molecule has 1 aliphatic heterocycles. The highest BCUT2D eigenvalue weighted by Crippen LogP contribution is 2.80. The van der Waals surface area contributed by atoms with Gasteiger partial charge in [-0.2, -0.15) is 0 Å². The molecular formula is C69H53NS2. The predicted octanol–water partition coefficient (Wildman–Crippen LogP) is 19.8. The maximum atomic E-state index is 2.51. The van der Waals surface area contributed by atoms with Crippen molar-refractivity contribution < 1.29 is 0 Å². The first kappa shape index (κ1) is 43.9. The van der Waals surface area contributed by atoms with E-state index in [-0.39, 0.29) is 5.41 Å². The molecule has 0 radical (unpaired) electrons. The summed E-state index contributed by atoms with van der Waals surface area (Å²) in [5.41, 5.74) is 13.7. The fourth-order valence-corrected chi connectivity index (χ4v) is 19.8. The maximum Gasteiger partial charge on any atom is 0.0472 e. The Hall–Kier alpha value is -8.08. The van der Waals surface area contributed by atoms with E-state index in [1.165, 1.54) is 83.7 Å². The van der Waals surface area contributed by atoms with Gasteiger partial charge in [0.05, 0.1) is 0 Å². The molecule has 0 bridgehead atoms. The molecule has 72 heavy (non-hydrogen) atoms. The molecule has 0 amide bonds. The van der Waals surface area contributed by atoms with Crippen molar-refractivity contribution in [1.82, 2.24) is 0 Å². The number of nitrogens with zero attached hydrogens (tertiary/aromatic N) is 1. The summed E-state index contributed by atoms with van der Waals surface area (Å²) in [5.74, 6) is 0. The van der Waals surface area contributed by atoms with Gasteiger partial charge in [0.25, 0.3) is 0 Å². The van der Waals surface area contributed by atoms with Gasteiger partial charge in [-0.1, -0.05) is 178 Å². The van der Waals surface area contributed by atoms with E-state index >= 15 is 0 Å². The van der Waals surface area contributed by atoms with Crippen LogP contribution >= 0.6 is 20.1 Å². The number of hydrogen-bond acceptors (Lipinski definition) is 1. The first-order chi connectivity index (χ1) is 35.5. The van der Waals surface area contributed by atoms with Gasteiger partial charge >= 0.3 is 0 Å². The zero-order valence-electron chi connectivity index (χ0n) is 40.4. The largest absolute Gasteiger partial charge is 0.310 e. The third-order valence-electron chi connectivity index (χ3n) is 15.0. The zero-order chi connectivity index (χ0) is 48.3. The molecule has 1 nitrogen and oxygen atoms in total. The smallest absolute Gasteiger partial charge is 0.0472 e. The molecule has 13 rings (SSSR count). The molecule has 0 N–H and O–H groups in total. The van der Waals surface area contributed by atoms with Gasteiger partial charge in [-0.3, -0.25) is 0 Å². The molecule has 2 aliphatic rings. The number of anilines is 3. The Kier molecular flexibility index (Phi) is 10.8. The van der Waals surface area contributed by atoms with Crippen molar-refractivity contribution in [1.29, 1.82) is 0 Å². The van der Waals surface area contributed by atoms with Crippen LogP contribution in [0.5, 0.6) is 0 Å². The van der Waals surface area contributed by atoms with E-state index in [0.29, 0.717) is 0 Å². The van der Waals surface area contributed by atoms with Gasteiger partial charge in [0, 0.05) is 61.6 Å². The third kappa shape index (κ3) is 6.79. The zero-order valence-corrected chi connectivity index (χ0v) is 42.0. The first-order valence-electron chi connectivity index (χ1n) is 24.9. The van der Waals surface area contributed by atoms with E-state index in [2.05, 4.69) is 304 Å². The number of benzene rings is 11. The lowest BCUT2D eigenvalue weighted by atomic mass is 9.81. The average molecular weight is 960 g/mol. The van der Waals surface area contributed by atoms with Gasteiger partial charge in [-0.15, -0.1) is 20.1 Å². The number of fused-ring (bicyclic) bond motifs is 6. The van der Waals surface area contributed by atoms with Gasteiger partial charge in [0.2, 0.25) is 0 Å². The lowest BCUT2D eigenvalue weighted by Crippen LogP contribution is -2.14. The molecule has 11 aromatic rings. The Bertz CT molecular complexity index is 3610. The monoisotopic (exact) mass is 959 g/mol. The van der Waals surface area contributed by atoms with E-state index in [9.17, 15) is 0 Å². The summed E-state index contributed by atoms with van der Waals surface area (Å²) in [6.45, 7) is 4.72. The number of hydrogen-bond donors (Lipinski definition) is 0. The van der Waals surface area contributed by atoms with Crippen LogP contribution in [0.4, 0.5) is 17.1 Å². The minimum absolute atomic E-state index is 0.0738. The van der Waals surface area contributed by atoms with Crippen LogP contribution in [0.15, 0.2) is 324 Å². The molecule has 0 fully saturated rings. The van der Waals surface area contributed by atoms with Crippen LogP contribution in [-0.4, -0.2) is 0 Å². The first-order valence-corrected chi connectivity index (χ1v) is 28.1. The molecule has 0 spiro atoms. The maximum absolute atomic E-state index is 2.51. The molecule has 1 aliphatic carbocycles. The van der Waals surface area contributed by atoms with Gasteiger partial charge in [-0.25, -0.2) is 0 Å². The van der Waals surface area contributed by atoms with Crippen LogP contribution in [0, 0.1) is 0 Å². The Morgan fingerprint density at radius 1 is 0.306 bits per heavy atom. The van der Waals surface area contributed by atoms with E-state index in [4.69, 9.17) is 0 Å². The van der Waals surface area contributed by atoms with Crippen LogP contribution in [0.3, 0.4) is 0 Å². The molecular weight excluding hydrogens is 907 g/mol. The normalized spacial score (nSPS) is 14.3. The average Bonchev–Trinajstić information content (AvgIpc) is 3.88. The van der Waals surface area contributed by atoms with Gasteiger partial charge in [0.15, 0.2) is 0 Å². The second kappa shape index (κ2) is 17.6. The summed E-state index contributed by atoms with van der Waals surface area (Å²) in [6, 6.07) is 107. The van der Waals surface area contributed by atoms with Gasteiger partial charge in [-0.05, 0) is 166 Å². The molecule has 1 heterocycles. The second-order valence-corrected chi connectivity index (χ2v) is 25.4. The summed E-state index contributed by atoms with van der Waals surface area (Å²) in [5, 5.41) is 0. The molecule has 0 unspecified atom stereocenters. The Morgan fingerprint density at radius 2 is 0.708 bits per heavy atom. The molecule has 0 aromatic heterocycles. The SMILES string of the molecule is CC1(C)c2ccccc2-c2ccc(-c3ccc(N(c4ccc(S(c5ccccc5)(c5ccccc5)c5ccccc5)cc4)c4ccc5c(c4)S(c4ccccc4)(c4ccccc4)c4ccccc4-5)cc3)cc21. The van der Waals surface area contributed by atoms with Crippen LogP contribution in [0.2, 0.25) is 0 Å². The second-order valence-electron chi connectivity index (χ2n) is 19.3. The fraction of sp³-hybridized carbons (Fsp3) is 0.0435. The van der Waals surface area contributed by atoms with Crippen molar-refractivity contribution in [3.63, 3.8) is 0 Å². The van der Waals surface area contributed by atoms with Crippen LogP contribution in [0.25, 0.3) is 33.4 Å². The summed E-state index contributed by atoms with van der Waals surface area (Å²) in [4.78, 5) is 13.1. The van der Waals surface area contributed by atoms with E-state index in [1.807, 2.05) is 0 Å². The van der Waals surface area contributed by atoms with Crippen molar-refractivity contribution in [2.24, 2.45) is 0 Å². The Labute approximate surface area is 427 Å². The Balaban J connectivity index is 1.00. The predicted molar refractivity (Wildman–Crippen MR) is 303 cm³/mol. The van der Waals surface area contributed by atoms with E-state index < -0.39 is 20.1 Å². The van der Waals surface area contributed by atoms with Crippen molar-refractivity contribution in [3.8, 4) is 33.4 Å². The molecule has 3 heteroatoms. The molecule has 0 saturated carbocycles. The molecule has 0 atom stereocenters. The molecule has 11 aromatic carbocycles. The van der Waals surface area contributed by atoms with Crippen molar-refractivity contribution in [3.05, 3.63) is 296 Å². The lowest BCUT2D eigenvalue weighted by molar-refractivity contribution is 0.660. The minimum Gasteiger partial charge on any atom is -0.310 e. The highest BCUT2D eigenvalue weighted by Gasteiger charge is 2.43. The summed E-state index contributed by atoms with van der Waals surface area (Å²) < 4.78 is 0. The van der Waals surface area contributed by atoms with Crippen LogP contribution in [-0.2, 0) is 5.41 Å². The standard InChI is InChI=1S/C69H53NS2/c1-69(2)65-34-20-18-32-61(65)62-46-38-51(48-66(62)69)50-36-39-52(40-37-50)70(53-41-44-60(45-42-53)71(55-22-8-3-9-23-55,56-24-10-4-11-25-56)57-26-12-5-13-27-57)54-43-47-64-63-33-19-21-35-67(63)72(68(64)49-54,58-28-14-6-15-29-58)59-30-16-7-17-31-59/h3-49H,1-2H3. The number of rotatable bonds is 10. The fourth-order valence-electron chi connectivity index (χ4n) is 11.7.